The molecule has 0 aliphatic heterocycles. The highest BCUT2D eigenvalue weighted by Crippen LogP contribution is 2.30. The van der Waals surface area contributed by atoms with E-state index in [1.165, 1.54) is 12.0 Å². The summed E-state index contributed by atoms with van der Waals surface area (Å²) in [5.41, 5.74) is 1.60. The van der Waals surface area contributed by atoms with E-state index in [-0.39, 0.29) is 36.4 Å². The van der Waals surface area contributed by atoms with E-state index in [0.29, 0.717) is 22.0 Å². The van der Waals surface area contributed by atoms with Crippen LogP contribution in [0.2, 0.25) is 10.0 Å². The van der Waals surface area contributed by atoms with Gasteiger partial charge in [0.1, 0.15) is 18.3 Å². The first-order valence-electron chi connectivity index (χ1n) is 13.1. The van der Waals surface area contributed by atoms with Crippen molar-refractivity contribution in [2.45, 2.75) is 45.3 Å². The zero-order valence-electron chi connectivity index (χ0n) is 23.5. The molecule has 0 saturated heterocycles. The molecule has 0 saturated carbocycles. The smallest absolute Gasteiger partial charge is 0.244 e. The fourth-order valence-corrected chi connectivity index (χ4v) is 5.58. The van der Waals surface area contributed by atoms with Gasteiger partial charge in [-0.05, 0) is 48.7 Å². The molecule has 0 aromatic heterocycles. The predicted octanol–water partition coefficient (Wildman–Crippen LogP) is 5.32. The second kappa shape index (κ2) is 14.6. The Morgan fingerprint density at radius 2 is 1.66 bits per heavy atom. The summed E-state index contributed by atoms with van der Waals surface area (Å²) in [6, 6.07) is 19.6. The Bertz CT molecular complexity index is 1450. The zero-order chi connectivity index (χ0) is 30.2. The van der Waals surface area contributed by atoms with Crippen molar-refractivity contribution >= 4 is 50.7 Å². The van der Waals surface area contributed by atoms with Gasteiger partial charge in [-0.15, -0.1) is 0 Å². The first kappa shape index (κ1) is 32.2. The number of hydrogen-bond acceptors (Lipinski definition) is 5. The summed E-state index contributed by atoms with van der Waals surface area (Å²) in [7, 11) is -2.51. The quantitative estimate of drug-likeness (QED) is 0.279. The maximum Gasteiger partial charge on any atom is 0.244 e. The highest BCUT2D eigenvalue weighted by molar-refractivity contribution is 7.92. The van der Waals surface area contributed by atoms with Gasteiger partial charge < -0.3 is 15.0 Å². The molecular weight excluding hydrogens is 585 g/mol. The Labute approximate surface area is 252 Å². The number of anilines is 1. The van der Waals surface area contributed by atoms with Crippen LogP contribution in [0, 0.1) is 0 Å². The van der Waals surface area contributed by atoms with Crippen LogP contribution < -0.4 is 14.4 Å². The third kappa shape index (κ3) is 8.86. The van der Waals surface area contributed by atoms with Gasteiger partial charge in [-0.1, -0.05) is 78.7 Å². The summed E-state index contributed by atoms with van der Waals surface area (Å²) >= 11 is 12.6. The number of nitrogens with zero attached hydrogens (tertiary/aromatic N) is 2. The first-order chi connectivity index (χ1) is 19.4. The van der Waals surface area contributed by atoms with Crippen molar-refractivity contribution < 1.29 is 22.7 Å². The van der Waals surface area contributed by atoms with Crippen LogP contribution in [-0.2, 0) is 32.6 Å². The third-order valence-electron chi connectivity index (χ3n) is 6.66. The number of methoxy groups -OCH3 is 1. The van der Waals surface area contributed by atoms with Gasteiger partial charge in [-0.2, -0.15) is 0 Å². The van der Waals surface area contributed by atoms with E-state index in [0.717, 1.165) is 16.1 Å². The Morgan fingerprint density at radius 3 is 2.27 bits per heavy atom. The van der Waals surface area contributed by atoms with Gasteiger partial charge in [0.25, 0.3) is 0 Å². The van der Waals surface area contributed by atoms with Crippen LogP contribution in [0.4, 0.5) is 5.69 Å². The molecule has 0 aliphatic rings. The molecule has 3 aromatic carbocycles. The van der Waals surface area contributed by atoms with Crippen LogP contribution in [0.3, 0.4) is 0 Å². The molecule has 41 heavy (non-hydrogen) atoms. The molecule has 2 atom stereocenters. The van der Waals surface area contributed by atoms with E-state index in [1.807, 2.05) is 44.2 Å². The number of carbonyl (C=O) groups is 2. The molecule has 220 valence electrons. The number of para-hydroxylation sites is 2. The number of rotatable bonds is 13. The van der Waals surface area contributed by atoms with E-state index < -0.39 is 28.5 Å². The second-order valence-corrected chi connectivity index (χ2v) is 12.5. The summed E-state index contributed by atoms with van der Waals surface area (Å²) < 4.78 is 32.3. The van der Waals surface area contributed by atoms with Crippen molar-refractivity contribution in [2.24, 2.45) is 0 Å². The van der Waals surface area contributed by atoms with Gasteiger partial charge in [-0.3, -0.25) is 13.9 Å². The number of sulfonamides is 1. The maximum absolute atomic E-state index is 14.2. The van der Waals surface area contributed by atoms with Crippen molar-refractivity contribution in [1.29, 1.82) is 0 Å². The SMILES string of the molecule is CCC(C)NC(=O)C(Cc1ccccc1)N(Cc1ccc(Cl)cc1Cl)C(=O)CN(c1ccccc1OC)S(C)(=O)=O. The molecule has 11 heteroatoms. The second-order valence-electron chi connectivity index (χ2n) is 9.72. The number of nitrogens with one attached hydrogen (secondary N) is 1. The lowest BCUT2D eigenvalue weighted by Gasteiger charge is -2.34. The van der Waals surface area contributed by atoms with E-state index >= 15 is 0 Å². The van der Waals surface area contributed by atoms with Crippen molar-refractivity contribution in [3.8, 4) is 5.75 Å². The van der Waals surface area contributed by atoms with Gasteiger partial charge in [0.15, 0.2) is 0 Å². The van der Waals surface area contributed by atoms with Crippen LogP contribution in [0.5, 0.6) is 5.75 Å². The summed E-state index contributed by atoms with van der Waals surface area (Å²) in [5.74, 6) is -0.661. The average molecular weight is 621 g/mol. The molecule has 0 fully saturated rings. The Balaban J connectivity index is 2.11. The molecule has 0 bridgehead atoms. The predicted molar refractivity (Wildman–Crippen MR) is 164 cm³/mol. The van der Waals surface area contributed by atoms with Crippen molar-refractivity contribution in [1.82, 2.24) is 10.2 Å². The fraction of sp³-hybridized carbons (Fsp3) is 0.333. The Morgan fingerprint density at radius 1 is 1.00 bits per heavy atom. The topological polar surface area (TPSA) is 96.0 Å². The molecule has 0 spiro atoms. The van der Waals surface area contributed by atoms with Crippen LogP contribution >= 0.6 is 23.2 Å². The van der Waals surface area contributed by atoms with Gasteiger partial charge in [-0.25, -0.2) is 8.42 Å². The lowest BCUT2D eigenvalue weighted by Crippen LogP contribution is -2.54. The minimum Gasteiger partial charge on any atom is -0.495 e. The molecular formula is C30H35Cl2N3O5S. The number of ether oxygens (including phenoxy) is 1. The van der Waals surface area contributed by atoms with Crippen LogP contribution in [0.25, 0.3) is 0 Å². The summed E-state index contributed by atoms with van der Waals surface area (Å²) in [4.78, 5) is 29.3. The zero-order valence-corrected chi connectivity index (χ0v) is 25.8. The van der Waals surface area contributed by atoms with Crippen LogP contribution in [-0.4, -0.2) is 57.1 Å². The van der Waals surface area contributed by atoms with Crippen LogP contribution in [0.15, 0.2) is 72.8 Å². The summed E-state index contributed by atoms with van der Waals surface area (Å²) in [6.07, 6.45) is 1.91. The lowest BCUT2D eigenvalue weighted by atomic mass is 10.0. The minimum atomic E-state index is -3.93. The highest BCUT2D eigenvalue weighted by Gasteiger charge is 2.34. The van der Waals surface area contributed by atoms with E-state index in [2.05, 4.69) is 5.32 Å². The van der Waals surface area contributed by atoms with Gasteiger partial charge in [0.2, 0.25) is 21.8 Å². The number of amides is 2. The molecule has 3 rings (SSSR count). The van der Waals surface area contributed by atoms with Gasteiger partial charge >= 0.3 is 0 Å². The number of hydrogen-bond donors (Lipinski definition) is 1. The molecule has 2 amide bonds. The van der Waals surface area contributed by atoms with Crippen molar-refractivity contribution in [3.05, 3.63) is 94.0 Å². The monoisotopic (exact) mass is 619 g/mol. The normalized spacial score (nSPS) is 12.7. The van der Waals surface area contributed by atoms with Crippen LogP contribution in [0.1, 0.15) is 31.4 Å². The number of halogens is 2. The molecule has 0 aliphatic carbocycles. The Hall–Kier alpha value is -3.27. The van der Waals surface area contributed by atoms with Gasteiger partial charge in [0.05, 0.1) is 19.1 Å². The van der Waals surface area contributed by atoms with E-state index in [1.54, 1.807) is 42.5 Å². The first-order valence-corrected chi connectivity index (χ1v) is 15.7. The third-order valence-corrected chi connectivity index (χ3v) is 8.37. The summed E-state index contributed by atoms with van der Waals surface area (Å²) in [6.45, 7) is 3.22. The van der Waals surface area contributed by atoms with Crippen molar-refractivity contribution in [3.63, 3.8) is 0 Å². The number of carbonyl (C=O) groups excluding carboxylic acids is 2. The summed E-state index contributed by atoms with van der Waals surface area (Å²) in [5, 5.41) is 3.73. The maximum atomic E-state index is 14.2. The molecule has 0 heterocycles. The molecule has 8 nitrogen and oxygen atoms in total. The van der Waals surface area contributed by atoms with Crippen molar-refractivity contribution in [2.75, 3.05) is 24.2 Å². The molecule has 0 radical (unpaired) electrons. The fourth-order valence-electron chi connectivity index (χ4n) is 4.26. The van der Waals surface area contributed by atoms with Gasteiger partial charge in [0, 0.05) is 29.1 Å². The highest BCUT2D eigenvalue weighted by atomic mass is 35.5. The molecule has 3 aromatic rings. The molecule has 2 unspecified atom stereocenters. The minimum absolute atomic E-state index is 0.0518. The average Bonchev–Trinajstić information content (AvgIpc) is 2.94. The largest absolute Gasteiger partial charge is 0.495 e. The van der Waals surface area contributed by atoms with E-state index in [9.17, 15) is 18.0 Å². The Kier molecular flexibility index (Phi) is 11.5. The lowest BCUT2D eigenvalue weighted by molar-refractivity contribution is -0.140. The standard InChI is InChI=1S/C30H35Cl2N3O5S/c1-5-21(2)33-30(37)27(17-22-11-7-6-8-12-22)34(19-23-15-16-24(31)18-25(23)32)29(36)20-35(41(4,38)39)26-13-9-10-14-28(26)40-3/h6-16,18,21,27H,5,17,19-20H2,1-4H3,(H,33,37). The van der Waals surface area contributed by atoms with E-state index in [4.69, 9.17) is 27.9 Å². The number of benzene rings is 3. The molecule has 1 N–H and O–H groups in total.